The SMILES string of the molecule is C=C(N=CC)C(C)=O. The maximum absolute atomic E-state index is 10.3. The van der Waals surface area contributed by atoms with Crippen molar-refractivity contribution in [2.24, 2.45) is 4.99 Å². The highest BCUT2D eigenvalue weighted by Gasteiger charge is 1.92. The minimum Gasteiger partial charge on any atom is -0.293 e. The van der Waals surface area contributed by atoms with Gasteiger partial charge in [0.1, 0.15) is 0 Å². The number of aliphatic imine (C=N–C) groups is 1. The van der Waals surface area contributed by atoms with Gasteiger partial charge in [-0.1, -0.05) is 6.58 Å². The van der Waals surface area contributed by atoms with E-state index in [4.69, 9.17) is 0 Å². The van der Waals surface area contributed by atoms with Gasteiger partial charge in [-0.2, -0.15) is 0 Å². The summed E-state index contributed by atoms with van der Waals surface area (Å²) in [6.07, 6.45) is 1.55. The Balaban J connectivity index is 3.85. The molecule has 0 radical (unpaired) electrons. The summed E-state index contributed by atoms with van der Waals surface area (Å²) < 4.78 is 0. The van der Waals surface area contributed by atoms with Gasteiger partial charge >= 0.3 is 0 Å². The van der Waals surface area contributed by atoms with Crippen molar-refractivity contribution in [1.29, 1.82) is 0 Å². The Morgan fingerprint density at radius 1 is 1.75 bits per heavy atom. The molecule has 0 aliphatic carbocycles. The normalized spacial score (nSPS) is 9.75. The third-order valence-corrected chi connectivity index (χ3v) is 0.691. The average molecular weight is 111 g/mol. The minimum atomic E-state index is -0.0805. The van der Waals surface area contributed by atoms with Crippen LogP contribution in [0, 0.1) is 0 Å². The first-order valence-electron chi connectivity index (χ1n) is 2.37. The van der Waals surface area contributed by atoms with Gasteiger partial charge in [0.05, 0.1) is 5.70 Å². The third kappa shape index (κ3) is 2.29. The lowest BCUT2D eigenvalue weighted by Crippen LogP contribution is -1.89. The summed E-state index contributed by atoms with van der Waals surface area (Å²) in [4.78, 5) is 14.0. The van der Waals surface area contributed by atoms with Crippen LogP contribution in [0.5, 0.6) is 0 Å². The Hall–Kier alpha value is -0.920. The second kappa shape index (κ2) is 3.13. The second-order valence-electron chi connectivity index (χ2n) is 1.39. The van der Waals surface area contributed by atoms with Crippen LogP contribution in [0.2, 0.25) is 0 Å². The lowest BCUT2D eigenvalue weighted by Gasteiger charge is -1.85. The number of rotatable bonds is 2. The molecule has 0 atom stereocenters. The molecule has 0 bridgehead atoms. The minimum absolute atomic E-state index is 0.0805. The fraction of sp³-hybridized carbons (Fsp3) is 0.333. The van der Waals surface area contributed by atoms with Crippen LogP contribution in [0.15, 0.2) is 17.3 Å². The molecule has 0 saturated heterocycles. The molecule has 44 valence electrons. The van der Waals surface area contributed by atoms with E-state index in [0.717, 1.165) is 0 Å². The summed E-state index contributed by atoms with van der Waals surface area (Å²) >= 11 is 0. The maximum atomic E-state index is 10.3. The number of Topliss-reactive ketones (excluding diaryl/α,β-unsaturated/α-hetero) is 1. The van der Waals surface area contributed by atoms with Crippen molar-refractivity contribution in [2.45, 2.75) is 13.8 Å². The average Bonchev–Trinajstić information content (AvgIpc) is 1.67. The van der Waals surface area contributed by atoms with E-state index in [2.05, 4.69) is 11.6 Å². The molecule has 0 aromatic rings. The van der Waals surface area contributed by atoms with Crippen LogP contribution in [0.4, 0.5) is 0 Å². The summed E-state index contributed by atoms with van der Waals surface area (Å²) in [6.45, 7) is 6.58. The van der Waals surface area contributed by atoms with Crippen LogP contribution >= 0.6 is 0 Å². The standard InChI is InChI=1S/C6H9NO/c1-4-7-5(2)6(3)8/h4H,2H2,1,3H3. The highest BCUT2D eigenvalue weighted by atomic mass is 16.1. The van der Waals surface area contributed by atoms with Gasteiger partial charge in [0.25, 0.3) is 0 Å². The molecule has 0 aromatic carbocycles. The topological polar surface area (TPSA) is 29.4 Å². The summed E-state index contributed by atoms with van der Waals surface area (Å²) in [6, 6.07) is 0. The Bertz CT molecular complexity index is 135. The van der Waals surface area contributed by atoms with Gasteiger partial charge < -0.3 is 0 Å². The number of ketones is 1. The zero-order valence-corrected chi connectivity index (χ0v) is 5.14. The molecule has 0 spiro atoms. The summed E-state index contributed by atoms with van der Waals surface area (Å²) in [7, 11) is 0. The number of allylic oxidation sites excluding steroid dienone is 1. The molecular weight excluding hydrogens is 102 g/mol. The van der Waals surface area contributed by atoms with Crippen LogP contribution in [0.3, 0.4) is 0 Å². The van der Waals surface area contributed by atoms with E-state index in [-0.39, 0.29) is 5.78 Å². The third-order valence-electron chi connectivity index (χ3n) is 0.691. The first-order valence-corrected chi connectivity index (χ1v) is 2.37. The Morgan fingerprint density at radius 3 is 2.38 bits per heavy atom. The van der Waals surface area contributed by atoms with Crippen LogP contribution in [-0.2, 0) is 4.79 Å². The molecule has 0 fully saturated rings. The zero-order valence-electron chi connectivity index (χ0n) is 5.14. The Kier molecular flexibility index (Phi) is 2.77. The smallest absolute Gasteiger partial charge is 0.177 e. The van der Waals surface area contributed by atoms with Gasteiger partial charge in [-0.25, -0.2) is 0 Å². The number of carbonyl (C=O) groups is 1. The Morgan fingerprint density at radius 2 is 2.25 bits per heavy atom. The van der Waals surface area contributed by atoms with Crippen molar-refractivity contribution in [3.05, 3.63) is 12.3 Å². The van der Waals surface area contributed by atoms with Crippen molar-refractivity contribution < 1.29 is 4.79 Å². The van der Waals surface area contributed by atoms with E-state index in [1.807, 2.05) is 0 Å². The molecule has 0 amide bonds. The van der Waals surface area contributed by atoms with Gasteiger partial charge in [-0.3, -0.25) is 9.79 Å². The van der Waals surface area contributed by atoms with Crippen molar-refractivity contribution in [3.63, 3.8) is 0 Å². The fourth-order valence-corrected chi connectivity index (χ4v) is 0.247. The molecule has 2 nitrogen and oxygen atoms in total. The van der Waals surface area contributed by atoms with E-state index in [9.17, 15) is 4.79 Å². The number of hydrogen-bond donors (Lipinski definition) is 0. The lowest BCUT2D eigenvalue weighted by atomic mass is 10.4. The quantitative estimate of drug-likeness (QED) is 0.388. The van der Waals surface area contributed by atoms with E-state index in [0.29, 0.717) is 5.70 Å². The molecular formula is C6H9NO. The van der Waals surface area contributed by atoms with Gasteiger partial charge in [0, 0.05) is 13.1 Å². The van der Waals surface area contributed by atoms with E-state index in [1.165, 1.54) is 6.92 Å². The number of carbonyl (C=O) groups excluding carboxylic acids is 1. The summed E-state index contributed by atoms with van der Waals surface area (Å²) in [5.74, 6) is -0.0805. The Labute approximate surface area is 48.9 Å². The van der Waals surface area contributed by atoms with E-state index >= 15 is 0 Å². The second-order valence-corrected chi connectivity index (χ2v) is 1.39. The molecule has 2 heteroatoms. The molecule has 0 unspecified atom stereocenters. The predicted molar refractivity (Wildman–Crippen MR) is 34.0 cm³/mol. The van der Waals surface area contributed by atoms with Gasteiger partial charge in [0.2, 0.25) is 0 Å². The van der Waals surface area contributed by atoms with Gasteiger partial charge in [-0.05, 0) is 6.92 Å². The predicted octanol–water partition coefficient (Wildman–Crippen LogP) is 1.18. The van der Waals surface area contributed by atoms with Gasteiger partial charge in [-0.15, -0.1) is 0 Å². The molecule has 0 aromatic heterocycles. The summed E-state index contributed by atoms with van der Waals surface area (Å²) in [5, 5.41) is 0. The first kappa shape index (κ1) is 7.08. The number of nitrogens with zero attached hydrogens (tertiary/aromatic N) is 1. The fourth-order valence-electron chi connectivity index (χ4n) is 0.247. The lowest BCUT2D eigenvalue weighted by molar-refractivity contribution is -0.113. The van der Waals surface area contributed by atoms with E-state index < -0.39 is 0 Å². The molecule has 0 heterocycles. The highest BCUT2D eigenvalue weighted by molar-refractivity contribution is 5.93. The largest absolute Gasteiger partial charge is 0.293 e. The molecule has 8 heavy (non-hydrogen) atoms. The van der Waals surface area contributed by atoms with Crippen LogP contribution in [0.25, 0.3) is 0 Å². The number of hydrogen-bond acceptors (Lipinski definition) is 2. The van der Waals surface area contributed by atoms with Crippen LogP contribution in [-0.4, -0.2) is 12.0 Å². The van der Waals surface area contributed by atoms with E-state index in [1.54, 1.807) is 13.1 Å². The first-order chi connectivity index (χ1) is 3.68. The molecule has 0 rings (SSSR count). The molecule has 0 N–H and O–H groups in total. The molecule has 0 saturated carbocycles. The maximum Gasteiger partial charge on any atom is 0.177 e. The van der Waals surface area contributed by atoms with Crippen molar-refractivity contribution in [2.75, 3.05) is 0 Å². The van der Waals surface area contributed by atoms with Crippen molar-refractivity contribution in [1.82, 2.24) is 0 Å². The zero-order chi connectivity index (χ0) is 6.57. The summed E-state index contributed by atoms with van der Waals surface area (Å²) in [5.41, 5.74) is 0.313. The van der Waals surface area contributed by atoms with Crippen LogP contribution in [0.1, 0.15) is 13.8 Å². The van der Waals surface area contributed by atoms with Gasteiger partial charge in [0.15, 0.2) is 5.78 Å². The highest BCUT2D eigenvalue weighted by Crippen LogP contribution is 1.90. The molecule has 0 aliphatic rings. The van der Waals surface area contributed by atoms with Crippen molar-refractivity contribution in [3.8, 4) is 0 Å². The van der Waals surface area contributed by atoms with Crippen molar-refractivity contribution >= 4 is 12.0 Å². The molecule has 0 aliphatic heterocycles. The van der Waals surface area contributed by atoms with Crippen LogP contribution < -0.4 is 0 Å². The monoisotopic (exact) mass is 111 g/mol.